The van der Waals surface area contributed by atoms with Crippen LogP contribution in [-0.4, -0.2) is 18.1 Å². The average molecular weight is 325 g/mol. The average Bonchev–Trinajstić information content (AvgIpc) is 2.54. The number of methoxy groups -OCH3 is 1. The molecule has 4 nitrogen and oxygen atoms in total. The zero-order valence-electron chi connectivity index (χ0n) is 12.5. The SMILES string of the molecule is CCc1cc(C(F)(F)F)ccc1Oc1ccc(C(=O)OC)cn1. The maximum atomic E-state index is 12.7. The zero-order valence-corrected chi connectivity index (χ0v) is 12.5. The normalized spacial score (nSPS) is 11.2. The summed E-state index contributed by atoms with van der Waals surface area (Å²) in [4.78, 5) is 15.2. The van der Waals surface area contributed by atoms with E-state index in [1.54, 1.807) is 6.92 Å². The molecule has 0 amide bonds. The van der Waals surface area contributed by atoms with Gasteiger partial charge < -0.3 is 9.47 Å². The molecule has 0 unspecified atom stereocenters. The number of ether oxygens (including phenoxy) is 2. The largest absolute Gasteiger partial charge is 0.465 e. The van der Waals surface area contributed by atoms with Gasteiger partial charge in [0.2, 0.25) is 5.88 Å². The second-order valence-corrected chi connectivity index (χ2v) is 4.65. The molecule has 0 aliphatic rings. The Balaban J connectivity index is 2.24. The summed E-state index contributed by atoms with van der Waals surface area (Å²) in [5, 5.41) is 0. The number of esters is 1. The summed E-state index contributed by atoms with van der Waals surface area (Å²) < 4.78 is 48.2. The van der Waals surface area contributed by atoms with Crippen molar-refractivity contribution in [2.45, 2.75) is 19.5 Å². The summed E-state index contributed by atoms with van der Waals surface area (Å²) in [5.41, 5.74) is -0.0580. The number of hydrogen-bond donors (Lipinski definition) is 0. The van der Waals surface area contributed by atoms with Crippen molar-refractivity contribution >= 4 is 5.97 Å². The number of carbonyl (C=O) groups excluding carboxylic acids is 1. The van der Waals surface area contributed by atoms with E-state index in [0.29, 0.717) is 17.7 Å². The van der Waals surface area contributed by atoms with Crippen LogP contribution in [0.3, 0.4) is 0 Å². The number of pyridine rings is 1. The van der Waals surface area contributed by atoms with E-state index in [0.717, 1.165) is 12.1 Å². The van der Waals surface area contributed by atoms with Gasteiger partial charge in [-0.3, -0.25) is 0 Å². The number of aromatic nitrogens is 1. The summed E-state index contributed by atoms with van der Waals surface area (Å²) in [6.45, 7) is 1.73. The molecule has 0 radical (unpaired) electrons. The van der Waals surface area contributed by atoms with Gasteiger partial charge in [0.15, 0.2) is 0 Å². The highest BCUT2D eigenvalue weighted by atomic mass is 19.4. The van der Waals surface area contributed by atoms with Crippen LogP contribution in [0.15, 0.2) is 36.5 Å². The molecular formula is C16H14F3NO3. The first kappa shape index (κ1) is 16.8. The van der Waals surface area contributed by atoms with Gasteiger partial charge in [-0.05, 0) is 36.2 Å². The molecule has 0 aliphatic heterocycles. The molecular weight excluding hydrogens is 311 g/mol. The van der Waals surface area contributed by atoms with Crippen LogP contribution in [0.5, 0.6) is 11.6 Å². The second-order valence-electron chi connectivity index (χ2n) is 4.65. The molecule has 0 N–H and O–H groups in total. The van der Waals surface area contributed by atoms with E-state index in [-0.39, 0.29) is 11.4 Å². The number of alkyl halides is 3. The van der Waals surface area contributed by atoms with Crippen LogP contribution in [-0.2, 0) is 17.3 Å². The van der Waals surface area contributed by atoms with E-state index >= 15 is 0 Å². The zero-order chi connectivity index (χ0) is 17.0. The lowest BCUT2D eigenvalue weighted by Crippen LogP contribution is -2.06. The molecule has 0 bridgehead atoms. The highest BCUT2D eigenvalue weighted by Crippen LogP contribution is 2.34. The van der Waals surface area contributed by atoms with Crippen molar-refractivity contribution in [2.24, 2.45) is 0 Å². The Labute approximate surface area is 130 Å². The molecule has 0 spiro atoms. The van der Waals surface area contributed by atoms with Gasteiger partial charge in [-0.15, -0.1) is 0 Å². The minimum Gasteiger partial charge on any atom is -0.465 e. The van der Waals surface area contributed by atoms with Gasteiger partial charge in [0, 0.05) is 12.3 Å². The van der Waals surface area contributed by atoms with Gasteiger partial charge >= 0.3 is 12.1 Å². The van der Waals surface area contributed by atoms with E-state index < -0.39 is 17.7 Å². The molecule has 0 saturated carbocycles. The van der Waals surface area contributed by atoms with Crippen LogP contribution >= 0.6 is 0 Å². The Bertz CT molecular complexity index is 697. The van der Waals surface area contributed by atoms with E-state index in [1.165, 1.54) is 31.5 Å². The Morgan fingerprint density at radius 3 is 2.48 bits per heavy atom. The van der Waals surface area contributed by atoms with Crippen LogP contribution in [0.2, 0.25) is 0 Å². The maximum Gasteiger partial charge on any atom is 0.416 e. The van der Waals surface area contributed by atoms with Crippen molar-refractivity contribution in [1.82, 2.24) is 4.98 Å². The third-order valence-electron chi connectivity index (χ3n) is 3.14. The Morgan fingerprint density at radius 1 is 1.22 bits per heavy atom. The quantitative estimate of drug-likeness (QED) is 0.789. The first-order chi connectivity index (χ1) is 10.8. The molecule has 0 atom stereocenters. The number of rotatable bonds is 4. The van der Waals surface area contributed by atoms with Crippen molar-refractivity contribution in [1.29, 1.82) is 0 Å². The summed E-state index contributed by atoms with van der Waals surface area (Å²) in [6, 6.07) is 6.18. The van der Waals surface area contributed by atoms with Gasteiger partial charge in [0.1, 0.15) is 5.75 Å². The van der Waals surface area contributed by atoms with Crippen molar-refractivity contribution in [2.75, 3.05) is 7.11 Å². The summed E-state index contributed by atoms with van der Waals surface area (Å²) in [6.07, 6.45) is -2.75. The molecule has 1 aromatic heterocycles. The van der Waals surface area contributed by atoms with E-state index in [1.807, 2.05) is 0 Å². The fourth-order valence-electron chi connectivity index (χ4n) is 1.92. The third kappa shape index (κ3) is 4.00. The maximum absolute atomic E-state index is 12.7. The number of aryl methyl sites for hydroxylation is 1. The van der Waals surface area contributed by atoms with Crippen LogP contribution in [0, 0.1) is 0 Å². The molecule has 2 aromatic rings. The van der Waals surface area contributed by atoms with Crippen LogP contribution in [0.1, 0.15) is 28.4 Å². The van der Waals surface area contributed by atoms with Crippen LogP contribution in [0.25, 0.3) is 0 Å². The standard InChI is InChI=1S/C16H14F3NO3/c1-3-10-8-12(16(17,18)19)5-6-13(10)23-14-7-4-11(9-20-14)15(21)22-2/h4-9H,3H2,1-2H3. The highest BCUT2D eigenvalue weighted by molar-refractivity contribution is 5.88. The molecule has 0 fully saturated rings. The Kier molecular flexibility index (Phi) is 4.88. The predicted molar refractivity (Wildman–Crippen MR) is 76.5 cm³/mol. The monoisotopic (exact) mass is 325 g/mol. The van der Waals surface area contributed by atoms with Crippen molar-refractivity contribution in [3.05, 3.63) is 53.2 Å². The van der Waals surface area contributed by atoms with Gasteiger partial charge in [-0.25, -0.2) is 9.78 Å². The molecule has 7 heteroatoms. The van der Waals surface area contributed by atoms with E-state index in [4.69, 9.17) is 4.74 Å². The number of nitrogens with zero attached hydrogens (tertiary/aromatic N) is 1. The van der Waals surface area contributed by atoms with Crippen LogP contribution < -0.4 is 4.74 Å². The molecule has 23 heavy (non-hydrogen) atoms. The highest BCUT2D eigenvalue weighted by Gasteiger charge is 2.31. The van der Waals surface area contributed by atoms with Gasteiger partial charge in [-0.2, -0.15) is 13.2 Å². The van der Waals surface area contributed by atoms with Crippen molar-refractivity contribution in [3.8, 4) is 11.6 Å². The summed E-state index contributed by atoms with van der Waals surface area (Å²) in [5.74, 6) is -0.0706. The smallest absolute Gasteiger partial charge is 0.416 e. The fourth-order valence-corrected chi connectivity index (χ4v) is 1.92. The van der Waals surface area contributed by atoms with E-state index in [9.17, 15) is 18.0 Å². The van der Waals surface area contributed by atoms with Crippen LogP contribution in [0.4, 0.5) is 13.2 Å². The van der Waals surface area contributed by atoms with E-state index in [2.05, 4.69) is 9.72 Å². The molecule has 122 valence electrons. The van der Waals surface area contributed by atoms with Gasteiger partial charge in [0.25, 0.3) is 0 Å². The lowest BCUT2D eigenvalue weighted by Gasteiger charge is -2.13. The molecule has 0 aliphatic carbocycles. The number of benzene rings is 1. The lowest BCUT2D eigenvalue weighted by atomic mass is 10.1. The first-order valence-electron chi connectivity index (χ1n) is 6.77. The topological polar surface area (TPSA) is 48.4 Å². The minimum absolute atomic E-state index is 0.173. The van der Waals surface area contributed by atoms with Crippen molar-refractivity contribution in [3.63, 3.8) is 0 Å². The number of carbonyl (C=O) groups is 1. The number of halogens is 3. The fraction of sp³-hybridized carbons (Fsp3) is 0.250. The summed E-state index contributed by atoms with van der Waals surface area (Å²) in [7, 11) is 1.25. The second kappa shape index (κ2) is 6.68. The van der Waals surface area contributed by atoms with Crippen molar-refractivity contribution < 1.29 is 27.4 Å². The molecule has 0 saturated heterocycles. The molecule has 1 aromatic carbocycles. The number of hydrogen-bond acceptors (Lipinski definition) is 4. The van der Waals surface area contributed by atoms with Gasteiger partial charge in [-0.1, -0.05) is 6.92 Å². The van der Waals surface area contributed by atoms with Gasteiger partial charge in [0.05, 0.1) is 18.2 Å². The lowest BCUT2D eigenvalue weighted by molar-refractivity contribution is -0.137. The summed E-state index contributed by atoms with van der Waals surface area (Å²) >= 11 is 0. The minimum atomic E-state index is -4.40. The molecule has 1 heterocycles. The third-order valence-corrected chi connectivity index (χ3v) is 3.14. The predicted octanol–water partition coefficient (Wildman–Crippen LogP) is 4.24. The first-order valence-corrected chi connectivity index (χ1v) is 6.77. The Morgan fingerprint density at radius 2 is 1.96 bits per heavy atom. The Hall–Kier alpha value is -2.57. The molecule has 2 rings (SSSR count).